The van der Waals surface area contributed by atoms with E-state index in [4.69, 9.17) is 16.0 Å². The standard InChI is InChI=1S/C13H15ClN2O3S2/c14-12-3-4-13(20-12)21(17,18)16-7-5-15(6-8-16)10-11-2-1-9-19-11/h1-4,9H,5-8,10H2. The number of sulfonamides is 1. The van der Waals surface area contributed by atoms with Gasteiger partial charge in [-0.05, 0) is 24.3 Å². The summed E-state index contributed by atoms with van der Waals surface area (Å²) in [5.41, 5.74) is 0. The Morgan fingerprint density at radius 1 is 1.19 bits per heavy atom. The summed E-state index contributed by atoms with van der Waals surface area (Å²) in [6.07, 6.45) is 1.65. The molecule has 0 bridgehead atoms. The van der Waals surface area contributed by atoms with Gasteiger partial charge in [-0.1, -0.05) is 11.6 Å². The third-order valence-electron chi connectivity index (χ3n) is 3.43. The van der Waals surface area contributed by atoms with Crippen molar-refractivity contribution in [2.75, 3.05) is 26.2 Å². The fraction of sp³-hybridized carbons (Fsp3) is 0.385. The van der Waals surface area contributed by atoms with Crippen molar-refractivity contribution >= 4 is 33.0 Å². The maximum Gasteiger partial charge on any atom is 0.252 e. The molecule has 0 aliphatic carbocycles. The highest BCUT2D eigenvalue weighted by atomic mass is 35.5. The minimum absolute atomic E-state index is 0.312. The second-order valence-electron chi connectivity index (χ2n) is 4.82. The Morgan fingerprint density at radius 2 is 1.95 bits per heavy atom. The van der Waals surface area contributed by atoms with Crippen LogP contribution >= 0.6 is 22.9 Å². The number of piperazine rings is 1. The number of furan rings is 1. The maximum absolute atomic E-state index is 12.5. The Hall–Kier alpha value is -0.860. The van der Waals surface area contributed by atoms with Crippen LogP contribution in [0.4, 0.5) is 0 Å². The molecule has 1 saturated heterocycles. The number of thiophene rings is 1. The average molecular weight is 347 g/mol. The first-order valence-electron chi connectivity index (χ1n) is 6.56. The van der Waals surface area contributed by atoms with E-state index in [1.807, 2.05) is 12.1 Å². The van der Waals surface area contributed by atoms with Crippen LogP contribution in [-0.4, -0.2) is 43.8 Å². The van der Waals surface area contributed by atoms with Crippen molar-refractivity contribution in [2.24, 2.45) is 0 Å². The molecule has 1 aliphatic heterocycles. The summed E-state index contributed by atoms with van der Waals surface area (Å²) in [6, 6.07) is 6.97. The number of nitrogens with zero attached hydrogens (tertiary/aromatic N) is 2. The normalized spacial score (nSPS) is 18.1. The van der Waals surface area contributed by atoms with Gasteiger partial charge in [0.2, 0.25) is 0 Å². The first-order chi connectivity index (χ1) is 10.1. The summed E-state index contributed by atoms with van der Waals surface area (Å²) >= 11 is 6.93. The molecule has 1 fully saturated rings. The largest absolute Gasteiger partial charge is 0.468 e. The third-order valence-corrected chi connectivity index (χ3v) is 7.03. The van der Waals surface area contributed by atoms with Gasteiger partial charge < -0.3 is 4.42 Å². The Kier molecular flexibility index (Phi) is 4.37. The summed E-state index contributed by atoms with van der Waals surface area (Å²) in [6.45, 7) is 3.07. The second kappa shape index (κ2) is 6.10. The quantitative estimate of drug-likeness (QED) is 0.853. The lowest BCUT2D eigenvalue weighted by atomic mass is 10.3. The lowest BCUT2D eigenvalue weighted by Crippen LogP contribution is -2.47. The molecular weight excluding hydrogens is 332 g/mol. The van der Waals surface area contributed by atoms with Gasteiger partial charge in [0.1, 0.15) is 9.97 Å². The average Bonchev–Trinajstić information content (AvgIpc) is 3.11. The first-order valence-corrected chi connectivity index (χ1v) is 9.19. The molecule has 0 aromatic carbocycles. The Morgan fingerprint density at radius 3 is 2.52 bits per heavy atom. The van der Waals surface area contributed by atoms with Crippen molar-refractivity contribution in [2.45, 2.75) is 10.8 Å². The molecule has 0 unspecified atom stereocenters. The van der Waals surface area contributed by atoms with Crippen LogP contribution in [0.3, 0.4) is 0 Å². The van der Waals surface area contributed by atoms with Crippen LogP contribution in [0.2, 0.25) is 4.34 Å². The van der Waals surface area contributed by atoms with Gasteiger partial charge in [0, 0.05) is 26.2 Å². The molecule has 3 rings (SSSR count). The smallest absolute Gasteiger partial charge is 0.252 e. The van der Waals surface area contributed by atoms with Gasteiger partial charge in [-0.25, -0.2) is 8.42 Å². The summed E-state index contributed by atoms with van der Waals surface area (Å²) in [5, 5.41) is 0. The van der Waals surface area contributed by atoms with E-state index in [1.54, 1.807) is 18.4 Å². The summed E-state index contributed by atoms with van der Waals surface area (Å²) in [7, 11) is -3.41. The van der Waals surface area contributed by atoms with Crippen molar-refractivity contribution in [1.29, 1.82) is 0 Å². The lowest BCUT2D eigenvalue weighted by Gasteiger charge is -2.33. The molecule has 0 amide bonds. The first kappa shape index (κ1) is 15.1. The highest BCUT2D eigenvalue weighted by Crippen LogP contribution is 2.28. The summed E-state index contributed by atoms with van der Waals surface area (Å²) in [5.74, 6) is 0.899. The van der Waals surface area contributed by atoms with Crippen LogP contribution in [0.1, 0.15) is 5.76 Å². The maximum atomic E-state index is 12.5. The van der Waals surface area contributed by atoms with Crippen LogP contribution in [0, 0.1) is 0 Å². The molecule has 2 aromatic heterocycles. The topological polar surface area (TPSA) is 53.8 Å². The molecule has 0 spiro atoms. The molecule has 0 atom stereocenters. The molecule has 2 aromatic rings. The molecule has 3 heterocycles. The Bertz CT molecular complexity index is 689. The van der Waals surface area contributed by atoms with Gasteiger partial charge >= 0.3 is 0 Å². The fourth-order valence-corrected chi connectivity index (χ4v) is 5.37. The minimum atomic E-state index is -3.41. The molecule has 8 heteroatoms. The van der Waals surface area contributed by atoms with E-state index in [2.05, 4.69) is 4.90 Å². The fourth-order valence-electron chi connectivity index (χ4n) is 2.31. The van der Waals surface area contributed by atoms with E-state index in [0.717, 1.165) is 17.1 Å². The molecule has 21 heavy (non-hydrogen) atoms. The summed E-state index contributed by atoms with van der Waals surface area (Å²) in [4.78, 5) is 2.19. The zero-order chi connectivity index (χ0) is 14.9. The predicted molar refractivity (Wildman–Crippen MR) is 82.1 cm³/mol. The predicted octanol–water partition coefficient (Wildman–Crippen LogP) is 2.50. The lowest BCUT2D eigenvalue weighted by molar-refractivity contribution is 0.171. The number of rotatable bonds is 4. The number of hydrogen-bond acceptors (Lipinski definition) is 5. The van der Waals surface area contributed by atoms with E-state index in [-0.39, 0.29) is 0 Å². The van der Waals surface area contributed by atoms with E-state index < -0.39 is 10.0 Å². The molecule has 1 aliphatic rings. The molecular formula is C13H15ClN2O3S2. The van der Waals surface area contributed by atoms with Crippen molar-refractivity contribution in [3.05, 3.63) is 40.6 Å². The van der Waals surface area contributed by atoms with Crippen LogP contribution in [-0.2, 0) is 16.6 Å². The van der Waals surface area contributed by atoms with Gasteiger partial charge in [0.05, 0.1) is 17.1 Å². The molecule has 0 N–H and O–H groups in total. The molecule has 0 radical (unpaired) electrons. The van der Waals surface area contributed by atoms with Crippen LogP contribution in [0.25, 0.3) is 0 Å². The third kappa shape index (κ3) is 3.32. The van der Waals surface area contributed by atoms with E-state index in [9.17, 15) is 8.42 Å². The van der Waals surface area contributed by atoms with E-state index >= 15 is 0 Å². The van der Waals surface area contributed by atoms with Crippen LogP contribution < -0.4 is 0 Å². The van der Waals surface area contributed by atoms with E-state index in [0.29, 0.717) is 41.3 Å². The van der Waals surface area contributed by atoms with Crippen molar-refractivity contribution in [1.82, 2.24) is 9.21 Å². The van der Waals surface area contributed by atoms with Crippen molar-refractivity contribution < 1.29 is 12.8 Å². The van der Waals surface area contributed by atoms with Gasteiger partial charge in [0.25, 0.3) is 10.0 Å². The van der Waals surface area contributed by atoms with Crippen molar-refractivity contribution in [3.63, 3.8) is 0 Å². The summed E-state index contributed by atoms with van der Waals surface area (Å²) < 4.78 is 32.6. The Balaban J connectivity index is 1.63. The van der Waals surface area contributed by atoms with Crippen LogP contribution in [0.5, 0.6) is 0 Å². The molecule has 5 nitrogen and oxygen atoms in total. The van der Waals surface area contributed by atoms with Crippen LogP contribution in [0.15, 0.2) is 39.2 Å². The second-order valence-corrected chi connectivity index (χ2v) is 8.70. The minimum Gasteiger partial charge on any atom is -0.468 e. The highest BCUT2D eigenvalue weighted by molar-refractivity contribution is 7.91. The van der Waals surface area contributed by atoms with Gasteiger partial charge in [-0.15, -0.1) is 11.3 Å². The number of hydrogen-bond donors (Lipinski definition) is 0. The van der Waals surface area contributed by atoms with Gasteiger partial charge in [0.15, 0.2) is 0 Å². The van der Waals surface area contributed by atoms with Gasteiger partial charge in [-0.2, -0.15) is 4.31 Å². The Labute approximate surface area is 132 Å². The molecule has 114 valence electrons. The SMILES string of the molecule is O=S(=O)(c1ccc(Cl)s1)N1CCN(Cc2ccco2)CC1. The van der Waals surface area contributed by atoms with Gasteiger partial charge in [-0.3, -0.25) is 4.90 Å². The molecule has 0 saturated carbocycles. The zero-order valence-electron chi connectivity index (χ0n) is 11.2. The van der Waals surface area contributed by atoms with E-state index in [1.165, 1.54) is 4.31 Å². The number of halogens is 1. The highest BCUT2D eigenvalue weighted by Gasteiger charge is 2.29. The van der Waals surface area contributed by atoms with Crippen molar-refractivity contribution in [3.8, 4) is 0 Å². The monoisotopic (exact) mass is 346 g/mol. The zero-order valence-corrected chi connectivity index (χ0v) is 13.6.